The molecule has 0 saturated carbocycles. The molecule has 0 rings (SSSR count). The van der Waals surface area contributed by atoms with E-state index in [1.807, 2.05) is 0 Å². The first kappa shape index (κ1) is 17.0. The Bertz CT molecular complexity index is 298. The summed E-state index contributed by atoms with van der Waals surface area (Å²) in [7, 11) is 0. The van der Waals surface area contributed by atoms with Crippen molar-refractivity contribution < 1.29 is 41.0 Å². The van der Waals surface area contributed by atoms with E-state index in [9.17, 15) is 31.1 Å². The Morgan fingerprint density at radius 1 is 1.00 bits per heavy atom. The van der Waals surface area contributed by atoms with Gasteiger partial charge in [-0.2, -0.15) is 26.3 Å². The molecule has 0 aromatic carbocycles. The SMILES string of the molecule is CC(C)(C)COC(=O)C(O)(C(F)(F)F)C(F)(F)F. The van der Waals surface area contributed by atoms with Gasteiger partial charge < -0.3 is 9.84 Å². The van der Waals surface area contributed by atoms with Crippen molar-refractivity contribution in [2.45, 2.75) is 38.7 Å². The lowest BCUT2D eigenvalue weighted by atomic mass is 9.98. The molecule has 0 aliphatic rings. The highest BCUT2D eigenvalue weighted by Gasteiger charge is 2.76. The van der Waals surface area contributed by atoms with Crippen LogP contribution < -0.4 is 0 Å². The maximum absolute atomic E-state index is 12.2. The summed E-state index contributed by atoms with van der Waals surface area (Å²) in [5.74, 6) is -2.78. The molecule has 0 amide bonds. The first-order chi connectivity index (χ1) is 7.63. The Morgan fingerprint density at radius 2 is 1.33 bits per heavy atom. The first-order valence-electron chi connectivity index (χ1n) is 4.66. The number of alkyl halides is 6. The first-order valence-corrected chi connectivity index (χ1v) is 4.66. The molecule has 108 valence electrons. The summed E-state index contributed by atoms with van der Waals surface area (Å²) in [6, 6.07) is 0. The number of ether oxygens (including phenoxy) is 1. The van der Waals surface area contributed by atoms with Crippen molar-refractivity contribution >= 4 is 5.97 Å². The van der Waals surface area contributed by atoms with Crippen LogP contribution in [0.15, 0.2) is 0 Å². The summed E-state index contributed by atoms with van der Waals surface area (Å²) < 4.78 is 77.1. The molecule has 0 unspecified atom stereocenters. The third-order valence-corrected chi connectivity index (χ3v) is 1.75. The van der Waals surface area contributed by atoms with E-state index in [0.29, 0.717) is 0 Å². The molecule has 0 spiro atoms. The lowest BCUT2D eigenvalue weighted by Crippen LogP contribution is -2.63. The average molecular weight is 282 g/mol. The topological polar surface area (TPSA) is 46.5 Å². The summed E-state index contributed by atoms with van der Waals surface area (Å²) in [4.78, 5) is 10.9. The van der Waals surface area contributed by atoms with Crippen LogP contribution in [0.25, 0.3) is 0 Å². The maximum atomic E-state index is 12.2. The molecular formula is C9H12F6O3. The molecule has 0 aliphatic heterocycles. The molecule has 3 nitrogen and oxygen atoms in total. The molecule has 0 radical (unpaired) electrons. The average Bonchev–Trinajstić information content (AvgIpc) is 2.07. The van der Waals surface area contributed by atoms with Crippen LogP contribution >= 0.6 is 0 Å². The highest BCUT2D eigenvalue weighted by atomic mass is 19.4. The highest BCUT2D eigenvalue weighted by Crippen LogP contribution is 2.44. The normalized spacial score (nSPS) is 14.6. The van der Waals surface area contributed by atoms with Crippen molar-refractivity contribution in [2.24, 2.45) is 5.41 Å². The van der Waals surface area contributed by atoms with Gasteiger partial charge in [-0.05, 0) is 5.41 Å². The number of halogens is 6. The molecule has 0 heterocycles. The van der Waals surface area contributed by atoms with Crippen LogP contribution in [0.4, 0.5) is 26.3 Å². The molecule has 0 saturated heterocycles. The zero-order valence-electron chi connectivity index (χ0n) is 9.74. The Labute approximate surface area is 98.7 Å². The fourth-order valence-corrected chi connectivity index (χ4v) is 0.779. The molecule has 0 aliphatic carbocycles. The van der Waals surface area contributed by atoms with E-state index >= 15 is 0 Å². The fraction of sp³-hybridized carbons (Fsp3) is 0.889. The van der Waals surface area contributed by atoms with Crippen molar-refractivity contribution in [1.82, 2.24) is 0 Å². The minimum atomic E-state index is -6.21. The lowest BCUT2D eigenvalue weighted by molar-refractivity contribution is -0.357. The van der Waals surface area contributed by atoms with Gasteiger partial charge in [-0.1, -0.05) is 20.8 Å². The van der Waals surface area contributed by atoms with Gasteiger partial charge in [-0.3, -0.25) is 0 Å². The second-order valence-electron chi connectivity index (χ2n) is 4.84. The van der Waals surface area contributed by atoms with Crippen LogP contribution in [-0.2, 0) is 9.53 Å². The molecule has 0 bridgehead atoms. The third kappa shape index (κ3) is 3.50. The van der Waals surface area contributed by atoms with Crippen molar-refractivity contribution in [1.29, 1.82) is 0 Å². The predicted octanol–water partition coefficient (Wildman–Crippen LogP) is 2.43. The zero-order valence-corrected chi connectivity index (χ0v) is 9.74. The summed E-state index contributed by atoms with van der Waals surface area (Å²) in [6.45, 7) is 3.60. The fourth-order valence-electron chi connectivity index (χ4n) is 0.779. The Morgan fingerprint density at radius 3 is 1.56 bits per heavy atom. The van der Waals surface area contributed by atoms with E-state index in [1.165, 1.54) is 20.8 Å². The van der Waals surface area contributed by atoms with Gasteiger partial charge in [0.2, 0.25) is 0 Å². The molecule has 0 aromatic heterocycles. The van der Waals surface area contributed by atoms with E-state index in [2.05, 4.69) is 4.74 Å². The quantitative estimate of drug-likeness (QED) is 0.625. The minimum absolute atomic E-state index is 0.694. The van der Waals surface area contributed by atoms with E-state index < -0.39 is 35.9 Å². The van der Waals surface area contributed by atoms with Gasteiger partial charge in [0.25, 0.3) is 0 Å². The number of esters is 1. The van der Waals surface area contributed by atoms with Crippen molar-refractivity contribution in [3.8, 4) is 0 Å². The van der Waals surface area contributed by atoms with Gasteiger partial charge in [0.05, 0.1) is 6.61 Å². The van der Waals surface area contributed by atoms with Crippen LogP contribution in [0, 0.1) is 5.41 Å². The lowest BCUT2D eigenvalue weighted by Gasteiger charge is -2.31. The number of rotatable bonds is 2. The van der Waals surface area contributed by atoms with Gasteiger partial charge in [0.1, 0.15) is 0 Å². The van der Waals surface area contributed by atoms with Crippen molar-refractivity contribution in [3.63, 3.8) is 0 Å². The summed E-state index contributed by atoms with van der Waals surface area (Å²) in [6.07, 6.45) is -12.4. The van der Waals surface area contributed by atoms with E-state index in [-0.39, 0.29) is 0 Å². The number of hydrogen-bond donors (Lipinski definition) is 1. The second kappa shape index (κ2) is 4.60. The standard InChI is InChI=1S/C9H12F6O3/c1-6(2,3)4-18-5(16)7(17,8(10,11)12)9(13,14)15/h17H,4H2,1-3H3. The van der Waals surface area contributed by atoms with Crippen LogP contribution in [0.2, 0.25) is 0 Å². The molecule has 9 heteroatoms. The van der Waals surface area contributed by atoms with Gasteiger partial charge in [0.15, 0.2) is 0 Å². The van der Waals surface area contributed by atoms with Crippen LogP contribution in [0.1, 0.15) is 20.8 Å². The van der Waals surface area contributed by atoms with Gasteiger partial charge in [0, 0.05) is 0 Å². The summed E-state index contributed by atoms with van der Waals surface area (Å²) >= 11 is 0. The summed E-state index contributed by atoms with van der Waals surface area (Å²) in [5.41, 5.74) is -6.35. The monoisotopic (exact) mass is 282 g/mol. The Balaban J connectivity index is 5.21. The van der Waals surface area contributed by atoms with E-state index in [4.69, 9.17) is 5.11 Å². The highest BCUT2D eigenvalue weighted by molar-refractivity contribution is 5.81. The largest absolute Gasteiger partial charge is 0.462 e. The number of carbonyl (C=O) groups excluding carboxylic acids is 1. The molecule has 0 atom stereocenters. The van der Waals surface area contributed by atoms with Crippen LogP contribution in [0.3, 0.4) is 0 Å². The smallest absolute Gasteiger partial charge is 0.437 e. The van der Waals surface area contributed by atoms with Crippen molar-refractivity contribution in [3.05, 3.63) is 0 Å². The van der Waals surface area contributed by atoms with Crippen molar-refractivity contribution in [2.75, 3.05) is 6.61 Å². The Kier molecular flexibility index (Phi) is 4.34. The van der Waals surface area contributed by atoms with E-state index in [1.54, 1.807) is 0 Å². The number of carbonyl (C=O) groups is 1. The maximum Gasteiger partial charge on any atom is 0.437 e. The molecule has 0 fully saturated rings. The zero-order chi connectivity index (χ0) is 15.0. The van der Waals surface area contributed by atoms with Crippen LogP contribution in [0.5, 0.6) is 0 Å². The molecule has 0 aromatic rings. The minimum Gasteiger partial charge on any atom is -0.462 e. The second-order valence-corrected chi connectivity index (χ2v) is 4.84. The molecule has 18 heavy (non-hydrogen) atoms. The van der Waals surface area contributed by atoms with Gasteiger partial charge in [-0.15, -0.1) is 0 Å². The Hall–Kier alpha value is -0.990. The third-order valence-electron chi connectivity index (χ3n) is 1.75. The van der Waals surface area contributed by atoms with Gasteiger partial charge >= 0.3 is 23.9 Å². The van der Waals surface area contributed by atoms with Crippen LogP contribution in [-0.4, -0.2) is 35.6 Å². The van der Waals surface area contributed by atoms with E-state index in [0.717, 1.165) is 0 Å². The predicted molar refractivity (Wildman–Crippen MR) is 47.5 cm³/mol. The molecule has 1 N–H and O–H groups in total. The number of aliphatic hydroxyl groups is 1. The summed E-state index contributed by atoms with van der Waals surface area (Å²) in [5, 5.41) is 8.63. The molecular weight excluding hydrogens is 270 g/mol. The number of hydrogen-bond acceptors (Lipinski definition) is 3. The van der Waals surface area contributed by atoms with Gasteiger partial charge in [-0.25, -0.2) is 4.79 Å².